The number of sulfonamides is 1. The average molecular weight is 661 g/mol. The Bertz CT molecular complexity index is 1690. The zero-order chi connectivity index (χ0) is 33.0. The van der Waals surface area contributed by atoms with Gasteiger partial charge in [-0.1, -0.05) is 6.07 Å². The molecule has 0 spiro atoms. The molecule has 2 aromatic carbocycles. The Morgan fingerprint density at radius 1 is 1.07 bits per heavy atom. The molecule has 0 aliphatic carbocycles. The summed E-state index contributed by atoms with van der Waals surface area (Å²) < 4.78 is 67.2. The predicted molar refractivity (Wildman–Crippen MR) is 166 cm³/mol. The van der Waals surface area contributed by atoms with Gasteiger partial charge in [-0.25, -0.2) is 22.0 Å². The summed E-state index contributed by atoms with van der Waals surface area (Å²) in [6.07, 6.45) is 1.54. The molecule has 1 aromatic heterocycles. The number of amides is 1. The molecule has 1 unspecified atom stereocenters. The first kappa shape index (κ1) is 33.4. The summed E-state index contributed by atoms with van der Waals surface area (Å²) in [5, 5.41) is 10.4. The van der Waals surface area contributed by atoms with Crippen LogP contribution >= 0.6 is 0 Å². The van der Waals surface area contributed by atoms with E-state index in [1.165, 1.54) is 0 Å². The highest BCUT2D eigenvalue weighted by atomic mass is 32.2. The molecule has 2 aliphatic rings. The molecule has 2 N–H and O–H groups in total. The fourth-order valence-corrected chi connectivity index (χ4v) is 7.25. The van der Waals surface area contributed by atoms with E-state index >= 15 is 0 Å². The summed E-state index contributed by atoms with van der Waals surface area (Å²) in [5.41, 5.74) is 2.54. The summed E-state index contributed by atoms with van der Waals surface area (Å²) in [7, 11) is -2.76. The molecular weight excluding hydrogens is 622 g/mol. The first-order valence-electron chi connectivity index (χ1n) is 15.2. The van der Waals surface area contributed by atoms with Gasteiger partial charge in [-0.3, -0.25) is 9.69 Å². The molecular formula is C31H38F2N6O6S. The number of halogens is 2. The van der Waals surface area contributed by atoms with Crippen LogP contribution in [0.1, 0.15) is 53.9 Å². The molecule has 5 rings (SSSR count). The average Bonchev–Trinajstić information content (AvgIpc) is 3.64. The van der Waals surface area contributed by atoms with E-state index < -0.39 is 38.6 Å². The standard InChI is InChI=1S/C31H38F2N6O6S/c1-4-45-31(41)39-28-9-12-38(46(42,43)24-15-22(32)14-23(33)16-24)18-26(28)29(36-39)35-30(40)25-8-7-21(17-37-10-5-6-11-37)13-27(25)34-20(2)19-44-3/h7-8,13-16,20,34H,4-6,9-12,17-19H2,1-3H3,(H,35,36,40). The number of hydrogen-bond donors (Lipinski definition) is 2. The smallest absolute Gasteiger partial charge is 0.434 e. The Labute approximate surface area is 266 Å². The van der Waals surface area contributed by atoms with E-state index in [0.717, 1.165) is 59.2 Å². The largest absolute Gasteiger partial charge is 0.448 e. The molecule has 1 saturated heterocycles. The second-order valence-corrected chi connectivity index (χ2v) is 13.3. The van der Waals surface area contributed by atoms with Gasteiger partial charge in [0.05, 0.1) is 29.4 Å². The monoisotopic (exact) mass is 660 g/mol. The van der Waals surface area contributed by atoms with Crippen LogP contribution in [0.4, 0.5) is 25.1 Å². The zero-order valence-corrected chi connectivity index (χ0v) is 26.8. The minimum Gasteiger partial charge on any atom is -0.448 e. The van der Waals surface area contributed by atoms with Gasteiger partial charge in [0, 0.05) is 56.5 Å². The van der Waals surface area contributed by atoms with E-state index in [1.54, 1.807) is 20.1 Å². The molecule has 15 heteroatoms. The lowest BCUT2D eigenvalue weighted by atomic mass is 10.1. The highest BCUT2D eigenvalue weighted by molar-refractivity contribution is 7.89. The highest BCUT2D eigenvalue weighted by Crippen LogP contribution is 2.31. The van der Waals surface area contributed by atoms with Gasteiger partial charge in [-0.2, -0.15) is 8.99 Å². The zero-order valence-electron chi connectivity index (χ0n) is 26.0. The van der Waals surface area contributed by atoms with Gasteiger partial charge in [-0.05, 0) is 69.6 Å². The first-order chi connectivity index (χ1) is 22.0. The van der Waals surface area contributed by atoms with E-state index in [-0.39, 0.29) is 43.5 Å². The van der Waals surface area contributed by atoms with Gasteiger partial charge < -0.3 is 20.1 Å². The minimum absolute atomic E-state index is 0.0284. The van der Waals surface area contributed by atoms with Crippen molar-refractivity contribution < 1.29 is 36.3 Å². The lowest BCUT2D eigenvalue weighted by Crippen LogP contribution is -2.37. The van der Waals surface area contributed by atoms with Crippen LogP contribution in [0.3, 0.4) is 0 Å². The van der Waals surface area contributed by atoms with Crippen molar-refractivity contribution in [3.05, 3.63) is 70.4 Å². The van der Waals surface area contributed by atoms with Gasteiger partial charge in [-0.15, -0.1) is 5.10 Å². The molecule has 3 aromatic rings. The number of ether oxygens (including phenoxy) is 2. The second-order valence-electron chi connectivity index (χ2n) is 11.4. The molecule has 2 aliphatic heterocycles. The van der Waals surface area contributed by atoms with E-state index in [4.69, 9.17) is 9.47 Å². The summed E-state index contributed by atoms with van der Waals surface area (Å²) in [6, 6.07) is 7.48. The number of likely N-dealkylation sites (tertiary alicyclic amines) is 1. The van der Waals surface area contributed by atoms with Crippen molar-refractivity contribution >= 4 is 33.5 Å². The van der Waals surface area contributed by atoms with Gasteiger partial charge in [0.1, 0.15) is 11.6 Å². The minimum atomic E-state index is -4.35. The number of hydrogen-bond acceptors (Lipinski definition) is 9. The van der Waals surface area contributed by atoms with Crippen LogP contribution in [0.25, 0.3) is 0 Å². The van der Waals surface area contributed by atoms with Crippen LogP contribution in [0.2, 0.25) is 0 Å². The van der Waals surface area contributed by atoms with Gasteiger partial charge in [0.15, 0.2) is 5.82 Å². The molecule has 248 valence electrons. The molecule has 46 heavy (non-hydrogen) atoms. The van der Waals surface area contributed by atoms with Crippen LogP contribution in [0.5, 0.6) is 0 Å². The maximum absolute atomic E-state index is 13.9. The third-order valence-corrected chi connectivity index (χ3v) is 9.74. The number of fused-ring (bicyclic) bond motifs is 1. The van der Waals surface area contributed by atoms with Crippen LogP contribution in [-0.4, -0.2) is 85.4 Å². The van der Waals surface area contributed by atoms with Crippen LogP contribution in [-0.2, 0) is 39.0 Å². The summed E-state index contributed by atoms with van der Waals surface area (Å²) in [5.74, 6) is -2.64. The fourth-order valence-electron chi connectivity index (χ4n) is 5.80. The number of nitrogens with zero attached hydrogens (tertiary/aromatic N) is 4. The second kappa shape index (κ2) is 14.2. The lowest BCUT2D eigenvalue weighted by molar-refractivity contribution is 0.102. The lowest BCUT2D eigenvalue weighted by Gasteiger charge is -2.27. The van der Waals surface area contributed by atoms with Crippen molar-refractivity contribution in [2.45, 2.75) is 57.1 Å². The molecule has 1 fully saturated rings. The number of anilines is 2. The number of benzene rings is 2. The summed E-state index contributed by atoms with van der Waals surface area (Å²) >= 11 is 0. The number of rotatable bonds is 11. The van der Waals surface area contributed by atoms with E-state index in [1.807, 2.05) is 19.1 Å². The number of methoxy groups -OCH3 is 1. The van der Waals surface area contributed by atoms with Gasteiger partial charge in [0.25, 0.3) is 5.91 Å². The third kappa shape index (κ3) is 7.38. The Hall–Kier alpha value is -3.92. The highest BCUT2D eigenvalue weighted by Gasteiger charge is 2.35. The molecule has 0 bridgehead atoms. The Morgan fingerprint density at radius 3 is 2.46 bits per heavy atom. The van der Waals surface area contributed by atoms with Crippen LogP contribution in [0, 0.1) is 11.6 Å². The van der Waals surface area contributed by atoms with Gasteiger partial charge in [0.2, 0.25) is 10.0 Å². The van der Waals surface area contributed by atoms with Crippen LogP contribution in [0.15, 0.2) is 41.3 Å². The Balaban J connectivity index is 1.47. The normalized spacial score (nSPS) is 16.2. The van der Waals surface area contributed by atoms with E-state index in [2.05, 4.69) is 20.6 Å². The maximum Gasteiger partial charge on any atom is 0.434 e. The quantitative estimate of drug-likeness (QED) is 0.310. The molecule has 12 nitrogen and oxygen atoms in total. The predicted octanol–water partition coefficient (Wildman–Crippen LogP) is 4.21. The fraction of sp³-hybridized carbons (Fsp3) is 0.452. The SMILES string of the molecule is CCOC(=O)n1nc(NC(=O)c2ccc(CN3CCCC3)cc2NC(C)COC)c2c1CCN(S(=O)(=O)c1cc(F)cc(F)c1)C2. The van der Waals surface area contributed by atoms with Crippen molar-refractivity contribution in [2.75, 3.05) is 50.6 Å². The Morgan fingerprint density at radius 2 is 1.78 bits per heavy atom. The van der Waals surface area contributed by atoms with E-state index in [9.17, 15) is 26.8 Å². The maximum atomic E-state index is 13.9. The van der Waals surface area contributed by atoms with Crippen molar-refractivity contribution in [1.82, 2.24) is 19.0 Å². The summed E-state index contributed by atoms with van der Waals surface area (Å²) in [4.78, 5) is 28.4. The molecule has 1 atom stereocenters. The van der Waals surface area contributed by atoms with Crippen molar-refractivity contribution in [3.63, 3.8) is 0 Å². The third-order valence-electron chi connectivity index (χ3n) is 7.92. The molecule has 0 saturated carbocycles. The number of aromatic nitrogens is 2. The molecule has 1 amide bonds. The van der Waals surface area contributed by atoms with Gasteiger partial charge >= 0.3 is 6.09 Å². The number of carbonyl (C=O) groups excluding carboxylic acids is 2. The molecule has 0 radical (unpaired) electrons. The van der Waals surface area contributed by atoms with Crippen molar-refractivity contribution in [2.24, 2.45) is 0 Å². The topological polar surface area (TPSA) is 135 Å². The Kier molecular flexibility index (Phi) is 10.4. The number of nitrogens with one attached hydrogen (secondary N) is 2. The summed E-state index contributed by atoms with van der Waals surface area (Å²) in [6.45, 7) is 6.39. The number of carbonyl (C=O) groups is 2. The molecule has 3 heterocycles. The first-order valence-corrected chi connectivity index (χ1v) is 16.6. The van der Waals surface area contributed by atoms with E-state index in [0.29, 0.717) is 29.6 Å². The van der Waals surface area contributed by atoms with Crippen LogP contribution < -0.4 is 10.6 Å². The van der Waals surface area contributed by atoms with Crippen molar-refractivity contribution in [1.29, 1.82) is 0 Å². The van der Waals surface area contributed by atoms with Crippen molar-refractivity contribution in [3.8, 4) is 0 Å².